The SMILES string of the molecule is C=Cc1ccc(CC(C)(O)C(=O)C(C)(O)Cc2ccc(C=C)cc2)cc1. The number of aliphatic hydroxyl groups is 2. The lowest BCUT2D eigenvalue weighted by atomic mass is 9.80. The van der Waals surface area contributed by atoms with Crippen LogP contribution in [0.25, 0.3) is 12.2 Å². The van der Waals surface area contributed by atoms with Crippen LogP contribution in [0.5, 0.6) is 0 Å². The molecule has 2 unspecified atom stereocenters. The van der Waals surface area contributed by atoms with Crippen LogP contribution >= 0.6 is 0 Å². The second kappa shape index (κ2) is 7.81. The average molecular weight is 350 g/mol. The van der Waals surface area contributed by atoms with E-state index >= 15 is 0 Å². The first-order valence-corrected chi connectivity index (χ1v) is 8.60. The van der Waals surface area contributed by atoms with E-state index in [0.29, 0.717) is 0 Å². The second-order valence-corrected chi connectivity index (χ2v) is 7.12. The van der Waals surface area contributed by atoms with Gasteiger partial charge in [-0.25, -0.2) is 0 Å². The van der Waals surface area contributed by atoms with E-state index in [9.17, 15) is 15.0 Å². The second-order valence-electron chi connectivity index (χ2n) is 7.12. The zero-order valence-corrected chi connectivity index (χ0v) is 15.4. The zero-order chi connectivity index (χ0) is 19.4. The van der Waals surface area contributed by atoms with E-state index in [-0.39, 0.29) is 12.8 Å². The van der Waals surface area contributed by atoms with E-state index in [1.54, 1.807) is 12.2 Å². The largest absolute Gasteiger partial charge is 0.382 e. The quantitative estimate of drug-likeness (QED) is 0.761. The van der Waals surface area contributed by atoms with Crippen molar-refractivity contribution >= 4 is 17.9 Å². The maximum atomic E-state index is 12.8. The Morgan fingerprint density at radius 1 is 0.808 bits per heavy atom. The van der Waals surface area contributed by atoms with Gasteiger partial charge in [0.25, 0.3) is 0 Å². The Labute approximate surface area is 155 Å². The molecule has 0 amide bonds. The molecular weight excluding hydrogens is 324 g/mol. The molecule has 2 atom stereocenters. The maximum absolute atomic E-state index is 12.8. The van der Waals surface area contributed by atoms with Crippen molar-refractivity contribution in [3.05, 3.63) is 83.9 Å². The van der Waals surface area contributed by atoms with Gasteiger partial charge in [0.15, 0.2) is 5.78 Å². The summed E-state index contributed by atoms with van der Waals surface area (Å²) in [5, 5.41) is 21.4. The molecule has 136 valence electrons. The lowest BCUT2D eigenvalue weighted by Gasteiger charge is -2.31. The van der Waals surface area contributed by atoms with Gasteiger partial charge in [-0.2, -0.15) is 0 Å². The van der Waals surface area contributed by atoms with Crippen molar-refractivity contribution in [2.45, 2.75) is 37.9 Å². The molecule has 26 heavy (non-hydrogen) atoms. The number of hydrogen-bond donors (Lipinski definition) is 2. The molecule has 0 saturated carbocycles. The van der Waals surface area contributed by atoms with Crippen LogP contribution in [0.1, 0.15) is 36.1 Å². The van der Waals surface area contributed by atoms with Gasteiger partial charge in [0.2, 0.25) is 0 Å². The van der Waals surface area contributed by atoms with Gasteiger partial charge in [-0.15, -0.1) is 0 Å². The first-order chi connectivity index (χ1) is 12.2. The highest BCUT2D eigenvalue weighted by molar-refractivity contribution is 5.94. The van der Waals surface area contributed by atoms with Crippen LogP contribution in [0.15, 0.2) is 61.7 Å². The van der Waals surface area contributed by atoms with Gasteiger partial charge < -0.3 is 10.2 Å². The van der Waals surface area contributed by atoms with E-state index in [2.05, 4.69) is 13.2 Å². The molecular formula is C23H26O3. The van der Waals surface area contributed by atoms with Crippen molar-refractivity contribution in [2.24, 2.45) is 0 Å². The van der Waals surface area contributed by atoms with Gasteiger partial charge >= 0.3 is 0 Å². The Morgan fingerprint density at radius 2 is 1.12 bits per heavy atom. The number of carbonyl (C=O) groups excluding carboxylic acids is 1. The molecule has 0 spiro atoms. The third kappa shape index (κ3) is 4.78. The highest BCUT2D eigenvalue weighted by Crippen LogP contribution is 2.24. The van der Waals surface area contributed by atoms with Crippen molar-refractivity contribution in [3.8, 4) is 0 Å². The molecule has 3 heteroatoms. The number of benzene rings is 2. The Bertz CT molecular complexity index is 714. The minimum atomic E-state index is -1.67. The summed E-state index contributed by atoms with van der Waals surface area (Å²) in [6, 6.07) is 14.9. The van der Waals surface area contributed by atoms with Crippen molar-refractivity contribution in [3.63, 3.8) is 0 Å². The summed E-state index contributed by atoms with van der Waals surface area (Å²) in [4.78, 5) is 12.8. The van der Waals surface area contributed by atoms with E-state index < -0.39 is 17.0 Å². The summed E-state index contributed by atoms with van der Waals surface area (Å²) in [5.74, 6) is -0.592. The number of hydrogen-bond acceptors (Lipinski definition) is 3. The topological polar surface area (TPSA) is 57.5 Å². The molecule has 0 fully saturated rings. The summed E-state index contributed by atoms with van der Waals surface area (Å²) < 4.78 is 0. The van der Waals surface area contributed by atoms with Crippen LogP contribution in [0.4, 0.5) is 0 Å². The molecule has 0 bridgehead atoms. The third-order valence-electron chi connectivity index (χ3n) is 4.51. The van der Waals surface area contributed by atoms with E-state index in [1.807, 2.05) is 48.5 Å². The molecule has 2 aromatic carbocycles. The molecule has 0 radical (unpaired) electrons. The van der Waals surface area contributed by atoms with Crippen molar-refractivity contribution in [1.82, 2.24) is 0 Å². The lowest BCUT2D eigenvalue weighted by molar-refractivity contribution is -0.153. The molecule has 2 N–H and O–H groups in total. The highest BCUT2D eigenvalue weighted by atomic mass is 16.3. The van der Waals surface area contributed by atoms with Crippen LogP contribution in [0.2, 0.25) is 0 Å². The van der Waals surface area contributed by atoms with Gasteiger partial charge in [-0.05, 0) is 36.1 Å². The summed E-state index contributed by atoms with van der Waals surface area (Å²) >= 11 is 0. The molecule has 2 rings (SSSR count). The van der Waals surface area contributed by atoms with E-state index in [1.165, 1.54) is 13.8 Å². The van der Waals surface area contributed by atoms with Crippen LogP contribution in [-0.4, -0.2) is 27.2 Å². The first-order valence-electron chi connectivity index (χ1n) is 8.60. The third-order valence-corrected chi connectivity index (χ3v) is 4.51. The Kier molecular flexibility index (Phi) is 5.96. The van der Waals surface area contributed by atoms with Crippen LogP contribution in [-0.2, 0) is 17.6 Å². The van der Waals surface area contributed by atoms with E-state index in [0.717, 1.165) is 22.3 Å². The number of Topliss-reactive ketones (excluding diaryl/α,β-unsaturated/α-hetero) is 1. The maximum Gasteiger partial charge on any atom is 0.195 e. The van der Waals surface area contributed by atoms with Gasteiger partial charge in [-0.1, -0.05) is 73.8 Å². The van der Waals surface area contributed by atoms with Gasteiger partial charge in [0, 0.05) is 12.8 Å². The molecule has 2 aromatic rings. The van der Waals surface area contributed by atoms with Gasteiger partial charge in [-0.3, -0.25) is 4.79 Å². The standard InChI is InChI=1S/C23H26O3/c1-5-17-7-11-19(12-8-17)15-22(3,25)21(24)23(4,26)16-20-13-9-18(6-2)10-14-20/h5-14,25-26H,1-2,15-16H2,3-4H3. The van der Waals surface area contributed by atoms with Crippen molar-refractivity contribution in [2.75, 3.05) is 0 Å². The molecule has 0 aromatic heterocycles. The van der Waals surface area contributed by atoms with Gasteiger partial charge in [0.1, 0.15) is 11.2 Å². The predicted octanol–water partition coefficient (Wildman–Crippen LogP) is 3.83. The fraction of sp³-hybridized carbons (Fsp3) is 0.261. The fourth-order valence-electron chi connectivity index (χ4n) is 3.08. The van der Waals surface area contributed by atoms with Crippen LogP contribution < -0.4 is 0 Å². The average Bonchev–Trinajstić information content (AvgIpc) is 2.61. The zero-order valence-electron chi connectivity index (χ0n) is 15.4. The Morgan fingerprint density at radius 3 is 1.38 bits per heavy atom. The minimum Gasteiger partial charge on any atom is -0.382 e. The summed E-state index contributed by atoms with van der Waals surface area (Å²) in [6.45, 7) is 10.3. The predicted molar refractivity (Wildman–Crippen MR) is 107 cm³/mol. The molecule has 0 aliphatic carbocycles. The molecule has 3 nitrogen and oxygen atoms in total. The summed E-state index contributed by atoms with van der Waals surface area (Å²) in [7, 11) is 0. The molecule has 0 aliphatic rings. The Balaban J connectivity index is 2.13. The van der Waals surface area contributed by atoms with E-state index in [4.69, 9.17) is 0 Å². The first kappa shape index (κ1) is 19.8. The van der Waals surface area contributed by atoms with Crippen molar-refractivity contribution < 1.29 is 15.0 Å². The van der Waals surface area contributed by atoms with Crippen molar-refractivity contribution in [1.29, 1.82) is 0 Å². The number of carbonyl (C=O) groups is 1. The fourth-order valence-corrected chi connectivity index (χ4v) is 3.08. The highest BCUT2D eigenvalue weighted by Gasteiger charge is 2.42. The smallest absolute Gasteiger partial charge is 0.195 e. The minimum absolute atomic E-state index is 0.134. The van der Waals surface area contributed by atoms with Gasteiger partial charge in [0.05, 0.1) is 0 Å². The normalized spacial score (nSPS) is 15.5. The molecule has 0 aliphatic heterocycles. The van der Waals surface area contributed by atoms with Crippen LogP contribution in [0.3, 0.4) is 0 Å². The molecule has 0 saturated heterocycles. The number of ketones is 1. The molecule has 0 heterocycles. The van der Waals surface area contributed by atoms with Crippen LogP contribution in [0, 0.1) is 0 Å². The number of rotatable bonds is 8. The monoisotopic (exact) mass is 350 g/mol. The Hall–Kier alpha value is -2.49. The summed E-state index contributed by atoms with van der Waals surface area (Å²) in [5.41, 5.74) is 0.241. The lowest BCUT2D eigenvalue weighted by Crippen LogP contribution is -2.52. The summed E-state index contributed by atoms with van der Waals surface area (Å²) in [6.07, 6.45) is 3.73.